The van der Waals surface area contributed by atoms with Gasteiger partial charge in [0.05, 0.1) is 12.2 Å². The second-order valence-corrected chi connectivity index (χ2v) is 4.79. The third-order valence-corrected chi connectivity index (χ3v) is 3.23. The Balaban J connectivity index is 2.56. The molecule has 0 fully saturated rings. The molecule has 0 aliphatic rings. The van der Waals surface area contributed by atoms with Gasteiger partial charge in [0.25, 0.3) is 0 Å². The summed E-state index contributed by atoms with van der Waals surface area (Å²) in [5, 5.41) is 0. The molecule has 2 aromatic carbocycles. The van der Waals surface area contributed by atoms with E-state index in [9.17, 15) is 4.79 Å². The van der Waals surface area contributed by atoms with Crippen LogP contribution in [0.4, 0.5) is 5.69 Å². The molecule has 0 spiro atoms. The van der Waals surface area contributed by atoms with Crippen LogP contribution in [0.25, 0.3) is 0 Å². The van der Waals surface area contributed by atoms with Crippen molar-refractivity contribution in [2.24, 2.45) is 0 Å². The highest BCUT2D eigenvalue weighted by molar-refractivity contribution is 6.12. The van der Waals surface area contributed by atoms with E-state index in [4.69, 9.17) is 10.5 Å². The van der Waals surface area contributed by atoms with Crippen LogP contribution in [0.5, 0.6) is 5.75 Å². The van der Waals surface area contributed by atoms with Gasteiger partial charge in [-0.25, -0.2) is 0 Å². The number of aryl methyl sites for hydroxylation is 2. The maximum absolute atomic E-state index is 12.7. The van der Waals surface area contributed by atoms with Gasteiger partial charge in [0.1, 0.15) is 5.75 Å². The summed E-state index contributed by atoms with van der Waals surface area (Å²) in [6.07, 6.45) is 0. The molecule has 0 aromatic heterocycles. The molecule has 3 nitrogen and oxygen atoms in total. The number of carbonyl (C=O) groups is 1. The molecule has 0 unspecified atom stereocenters. The van der Waals surface area contributed by atoms with Gasteiger partial charge in [0, 0.05) is 11.3 Å². The maximum atomic E-state index is 12.7. The second-order valence-electron chi connectivity index (χ2n) is 4.79. The van der Waals surface area contributed by atoms with E-state index in [1.54, 1.807) is 24.3 Å². The lowest BCUT2D eigenvalue weighted by molar-refractivity contribution is 0.103. The summed E-state index contributed by atoms with van der Waals surface area (Å²) in [7, 11) is 0. The standard InChI is InChI=1S/C17H19NO2/c1-4-20-17-12(3)9-8-11(2)15(17)16(19)13-6-5-7-14(18)10-13/h5-10H,4,18H2,1-3H3. The Hall–Kier alpha value is -2.29. The van der Waals surface area contributed by atoms with Crippen molar-refractivity contribution < 1.29 is 9.53 Å². The van der Waals surface area contributed by atoms with Gasteiger partial charge in [0.2, 0.25) is 0 Å². The zero-order chi connectivity index (χ0) is 14.7. The van der Waals surface area contributed by atoms with E-state index in [1.807, 2.05) is 32.9 Å². The van der Waals surface area contributed by atoms with Gasteiger partial charge < -0.3 is 10.5 Å². The van der Waals surface area contributed by atoms with Gasteiger partial charge in [0.15, 0.2) is 5.78 Å². The summed E-state index contributed by atoms with van der Waals surface area (Å²) in [5.74, 6) is 0.613. The van der Waals surface area contributed by atoms with Gasteiger partial charge >= 0.3 is 0 Å². The number of hydrogen-bond acceptors (Lipinski definition) is 3. The van der Waals surface area contributed by atoms with E-state index in [0.29, 0.717) is 29.2 Å². The van der Waals surface area contributed by atoms with E-state index in [-0.39, 0.29) is 5.78 Å². The number of nitrogen functional groups attached to an aromatic ring is 1. The van der Waals surface area contributed by atoms with E-state index < -0.39 is 0 Å². The fourth-order valence-electron chi connectivity index (χ4n) is 2.22. The first-order valence-corrected chi connectivity index (χ1v) is 6.67. The van der Waals surface area contributed by atoms with Crippen LogP contribution in [0.2, 0.25) is 0 Å². The summed E-state index contributed by atoms with van der Waals surface area (Å²) in [4.78, 5) is 12.7. The number of nitrogens with two attached hydrogens (primary N) is 1. The number of carbonyl (C=O) groups excluding carboxylic acids is 1. The lowest BCUT2D eigenvalue weighted by Gasteiger charge is -2.15. The van der Waals surface area contributed by atoms with Crippen LogP contribution in [0, 0.1) is 13.8 Å². The van der Waals surface area contributed by atoms with Crippen LogP contribution in [0.15, 0.2) is 36.4 Å². The van der Waals surface area contributed by atoms with Crippen molar-refractivity contribution in [2.45, 2.75) is 20.8 Å². The van der Waals surface area contributed by atoms with Gasteiger partial charge in [-0.2, -0.15) is 0 Å². The van der Waals surface area contributed by atoms with Gasteiger partial charge in [-0.3, -0.25) is 4.79 Å². The highest BCUT2D eigenvalue weighted by atomic mass is 16.5. The van der Waals surface area contributed by atoms with Gasteiger partial charge in [-0.15, -0.1) is 0 Å². The minimum absolute atomic E-state index is 0.0537. The number of ketones is 1. The van der Waals surface area contributed by atoms with Crippen LogP contribution in [0.1, 0.15) is 34.0 Å². The van der Waals surface area contributed by atoms with Crippen molar-refractivity contribution in [3.63, 3.8) is 0 Å². The third-order valence-electron chi connectivity index (χ3n) is 3.23. The molecule has 0 radical (unpaired) electrons. The predicted octanol–water partition coefficient (Wildman–Crippen LogP) is 3.52. The van der Waals surface area contributed by atoms with E-state index in [2.05, 4.69) is 0 Å². The Morgan fingerprint density at radius 1 is 1.15 bits per heavy atom. The number of rotatable bonds is 4. The molecular formula is C17H19NO2. The Bertz CT molecular complexity index is 647. The molecule has 0 saturated heterocycles. The summed E-state index contributed by atoms with van der Waals surface area (Å²) in [6, 6.07) is 10.9. The second kappa shape index (κ2) is 5.78. The lowest BCUT2D eigenvalue weighted by Crippen LogP contribution is -2.09. The van der Waals surface area contributed by atoms with Crippen molar-refractivity contribution in [3.8, 4) is 5.75 Å². The average molecular weight is 269 g/mol. The molecule has 2 N–H and O–H groups in total. The molecule has 2 rings (SSSR count). The van der Waals surface area contributed by atoms with Crippen LogP contribution < -0.4 is 10.5 Å². The molecule has 104 valence electrons. The molecule has 0 aliphatic carbocycles. The smallest absolute Gasteiger partial charge is 0.197 e. The topological polar surface area (TPSA) is 52.3 Å². The Labute approximate surface area is 119 Å². The zero-order valence-electron chi connectivity index (χ0n) is 12.1. The number of anilines is 1. The molecule has 0 heterocycles. The Morgan fingerprint density at radius 3 is 2.50 bits per heavy atom. The molecule has 20 heavy (non-hydrogen) atoms. The molecule has 0 atom stereocenters. The summed E-state index contributed by atoms with van der Waals surface area (Å²) >= 11 is 0. The predicted molar refractivity (Wildman–Crippen MR) is 81.4 cm³/mol. The molecular weight excluding hydrogens is 250 g/mol. The average Bonchev–Trinajstić information content (AvgIpc) is 2.43. The van der Waals surface area contributed by atoms with Crippen LogP contribution >= 0.6 is 0 Å². The SMILES string of the molecule is CCOc1c(C)ccc(C)c1C(=O)c1cccc(N)c1. The van der Waals surface area contributed by atoms with Crippen LogP contribution in [-0.2, 0) is 0 Å². The summed E-state index contributed by atoms with van der Waals surface area (Å²) in [6.45, 7) is 6.31. The number of ether oxygens (including phenoxy) is 1. The lowest BCUT2D eigenvalue weighted by atomic mass is 9.95. The number of benzene rings is 2. The van der Waals surface area contributed by atoms with Crippen molar-refractivity contribution in [1.82, 2.24) is 0 Å². The largest absolute Gasteiger partial charge is 0.493 e. The highest BCUT2D eigenvalue weighted by Crippen LogP contribution is 2.29. The molecule has 2 aromatic rings. The normalized spacial score (nSPS) is 10.3. The van der Waals surface area contributed by atoms with E-state index in [0.717, 1.165) is 11.1 Å². The van der Waals surface area contributed by atoms with E-state index >= 15 is 0 Å². The van der Waals surface area contributed by atoms with Crippen LogP contribution in [0.3, 0.4) is 0 Å². The third kappa shape index (κ3) is 2.67. The first-order chi connectivity index (χ1) is 9.54. The zero-order valence-corrected chi connectivity index (χ0v) is 12.1. The molecule has 0 saturated carbocycles. The monoisotopic (exact) mass is 269 g/mol. The van der Waals surface area contributed by atoms with Crippen molar-refractivity contribution in [1.29, 1.82) is 0 Å². The maximum Gasteiger partial charge on any atom is 0.197 e. The fourth-order valence-corrected chi connectivity index (χ4v) is 2.22. The Morgan fingerprint density at radius 2 is 1.85 bits per heavy atom. The minimum atomic E-state index is -0.0537. The number of hydrogen-bond donors (Lipinski definition) is 1. The molecule has 3 heteroatoms. The first-order valence-electron chi connectivity index (χ1n) is 6.67. The van der Waals surface area contributed by atoms with Crippen LogP contribution in [-0.4, -0.2) is 12.4 Å². The van der Waals surface area contributed by atoms with Crippen molar-refractivity contribution >= 4 is 11.5 Å². The quantitative estimate of drug-likeness (QED) is 0.682. The van der Waals surface area contributed by atoms with Crippen molar-refractivity contribution in [2.75, 3.05) is 12.3 Å². The molecule has 0 bridgehead atoms. The van der Waals surface area contributed by atoms with E-state index in [1.165, 1.54) is 0 Å². The molecule has 0 aliphatic heterocycles. The summed E-state index contributed by atoms with van der Waals surface area (Å²) < 4.78 is 5.67. The highest BCUT2D eigenvalue weighted by Gasteiger charge is 2.19. The summed E-state index contributed by atoms with van der Waals surface area (Å²) in [5.41, 5.74) is 9.42. The van der Waals surface area contributed by atoms with Crippen molar-refractivity contribution in [3.05, 3.63) is 58.7 Å². The minimum Gasteiger partial charge on any atom is -0.493 e. The fraction of sp³-hybridized carbons (Fsp3) is 0.235. The Kier molecular flexibility index (Phi) is 4.08. The molecule has 0 amide bonds. The van der Waals surface area contributed by atoms with Gasteiger partial charge in [-0.05, 0) is 44.0 Å². The van der Waals surface area contributed by atoms with Gasteiger partial charge in [-0.1, -0.05) is 24.3 Å². The first kappa shape index (κ1) is 14.1.